The first kappa shape index (κ1) is 17.0. The van der Waals surface area contributed by atoms with Crippen LogP contribution in [0.1, 0.15) is 49.1 Å². The maximum Gasteiger partial charge on any atom is 0.107 e. The first-order chi connectivity index (χ1) is 11.3. The molecular formula is C18H24BrNO3. The van der Waals surface area contributed by atoms with Crippen LogP contribution in [0.5, 0.6) is 0 Å². The van der Waals surface area contributed by atoms with E-state index in [9.17, 15) is 5.11 Å². The monoisotopic (exact) mass is 381 g/mol. The lowest BCUT2D eigenvalue weighted by Crippen LogP contribution is -2.06. The maximum absolute atomic E-state index is 9.45. The third kappa shape index (κ3) is 3.48. The van der Waals surface area contributed by atoms with Gasteiger partial charge in [0.2, 0.25) is 0 Å². The number of hydrogen-bond acceptors (Lipinski definition) is 3. The second kappa shape index (κ2) is 7.79. The molecule has 3 rings (SSSR count). The summed E-state index contributed by atoms with van der Waals surface area (Å²) in [6.07, 6.45) is 6.48. The Balaban J connectivity index is 2.06. The number of aliphatic hydroxyl groups is 1. The minimum absolute atomic E-state index is 0.130. The van der Waals surface area contributed by atoms with Gasteiger partial charge in [-0.3, -0.25) is 0 Å². The molecule has 1 fully saturated rings. The Morgan fingerprint density at radius 2 is 2.04 bits per heavy atom. The predicted molar refractivity (Wildman–Crippen MR) is 94.3 cm³/mol. The fraction of sp³-hybridized carbons (Fsp3) is 0.556. The van der Waals surface area contributed by atoms with Gasteiger partial charge in [0, 0.05) is 17.4 Å². The van der Waals surface area contributed by atoms with Gasteiger partial charge in [-0.1, -0.05) is 31.4 Å². The van der Waals surface area contributed by atoms with Gasteiger partial charge in [0.1, 0.15) is 6.61 Å². The molecule has 1 aliphatic carbocycles. The molecule has 5 heteroatoms. The van der Waals surface area contributed by atoms with Crippen molar-refractivity contribution >= 4 is 26.8 Å². The Bertz CT molecular complexity index is 662. The third-order valence-corrected chi connectivity index (χ3v) is 5.64. The van der Waals surface area contributed by atoms with Crippen LogP contribution < -0.4 is 0 Å². The molecule has 1 N–H and O–H groups in total. The fourth-order valence-corrected chi connectivity index (χ4v) is 4.61. The van der Waals surface area contributed by atoms with E-state index in [0.29, 0.717) is 19.1 Å². The van der Waals surface area contributed by atoms with Gasteiger partial charge in [0.05, 0.1) is 18.3 Å². The molecule has 0 saturated heterocycles. The number of nitrogens with zero attached hydrogens (tertiary/aromatic N) is 1. The largest absolute Gasteiger partial charge is 0.395 e. The molecule has 4 nitrogen and oxygen atoms in total. The summed E-state index contributed by atoms with van der Waals surface area (Å²) in [4.78, 5) is 9.75. The average molecular weight is 382 g/mol. The molecule has 23 heavy (non-hydrogen) atoms. The molecular weight excluding hydrogens is 358 g/mol. The number of aliphatic hydroxyl groups excluding tert-OH is 1. The van der Waals surface area contributed by atoms with Crippen molar-refractivity contribution in [3.05, 3.63) is 33.9 Å². The van der Waals surface area contributed by atoms with E-state index in [2.05, 4.69) is 38.7 Å². The van der Waals surface area contributed by atoms with Crippen LogP contribution in [0.15, 0.2) is 22.8 Å². The van der Waals surface area contributed by atoms with E-state index < -0.39 is 0 Å². The first-order valence-electron chi connectivity index (χ1n) is 8.33. The number of hydrogen-bond donors (Lipinski definition) is 1. The van der Waals surface area contributed by atoms with Gasteiger partial charge in [0.25, 0.3) is 0 Å². The van der Waals surface area contributed by atoms with Crippen LogP contribution in [0.4, 0.5) is 0 Å². The third-order valence-electron chi connectivity index (χ3n) is 4.78. The molecule has 1 aromatic carbocycles. The fourth-order valence-electron chi connectivity index (χ4n) is 3.71. The Kier molecular flexibility index (Phi) is 5.75. The molecule has 0 unspecified atom stereocenters. The molecule has 0 aliphatic heterocycles. The molecule has 126 valence electrons. The van der Waals surface area contributed by atoms with Crippen molar-refractivity contribution < 1.29 is 14.9 Å². The number of aromatic nitrogens is 1. The van der Waals surface area contributed by atoms with Crippen LogP contribution in [0.3, 0.4) is 0 Å². The topological polar surface area (TPSA) is 43.6 Å². The standard InChI is InChI=1S/C18H24BrNO3/c1-22-23-12-13-7-8-15-16(11-13)20(9-10-21)18(19)17(15)14-5-3-2-4-6-14/h7-8,11,14,21H,2-6,9-10,12H2,1H3. The summed E-state index contributed by atoms with van der Waals surface area (Å²) in [6, 6.07) is 6.43. The predicted octanol–water partition coefficient (Wildman–Crippen LogP) is 4.52. The van der Waals surface area contributed by atoms with Crippen LogP contribution in [-0.4, -0.2) is 23.4 Å². The highest BCUT2D eigenvalue weighted by Crippen LogP contribution is 2.42. The highest BCUT2D eigenvalue weighted by molar-refractivity contribution is 9.10. The van der Waals surface area contributed by atoms with Gasteiger partial charge in [-0.15, -0.1) is 0 Å². The normalized spacial score (nSPS) is 16.3. The minimum Gasteiger partial charge on any atom is -0.395 e. The summed E-state index contributed by atoms with van der Waals surface area (Å²) in [5.41, 5.74) is 3.63. The zero-order chi connectivity index (χ0) is 16.2. The van der Waals surface area contributed by atoms with Crippen molar-refractivity contribution in [3.8, 4) is 0 Å². The molecule has 0 spiro atoms. The Hall–Kier alpha value is -0.880. The zero-order valence-electron chi connectivity index (χ0n) is 13.6. The van der Waals surface area contributed by atoms with E-state index in [1.54, 1.807) is 0 Å². The summed E-state index contributed by atoms with van der Waals surface area (Å²) < 4.78 is 3.30. The van der Waals surface area contributed by atoms with Gasteiger partial charge >= 0.3 is 0 Å². The van der Waals surface area contributed by atoms with Gasteiger partial charge < -0.3 is 9.67 Å². The Labute approximate surface area is 145 Å². The van der Waals surface area contributed by atoms with Crippen molar-refractivity contribution in [1.29, 1.82) is 0 Å². The second-order valence-corrected chi connectivity index (χ2v) is 6.95. The smallest absolute Gasteiger partial charge is 0.107 e. The molecule has 0 radical (unpaired) electrons. The SMILES string of the molecule is COOCc1ccc2c(C3CCCCC3)c(Br)n(CCO)c2c1. The number of benzene rings is 1. The van der Waals surface area contributed by atoms with Crippen LogP contribution in [0.2, 0.25) is 0 Å². The van der Waals surface area contributed by atoms with Crippen molar-refractivity contribution in [2.24, 2.45) is 0 Å². The summed E-state index contributed by atoms with van der Waals surface area (Å²) in [5.74, 6) is 0.613. The maximum atomic E-state index is 9.45. The number of fused-ring (bicyclic) bond motifs is 1. The van der Waals surface area contributed by atoms with E-state index in [1.165, 1.54) is 50.2 Å². The first-order valence-corrected chi connectivity index (χ1v) is 9.12. The Morgan fingerprint density at radius 3 is 2.74 bits per heavy atom. The summed E-state index contributed by atoms with van der Waals surface area (Å²) in [6.45, 7) is 1.15. The van der Waals surface area contributed by atoms with E-state index in [0.717, 1.165) is 15.7 Å². The number of rotatable bonds is 6. The molecule has 1 aromatic heterocycles. The molecule has 2 aromatic rings. The summed E-state index contributed by atoms with van der Waals surface area (Å²) in [7, 11) is 1.52. The minimum atomic E-state index is 0.130. The van der Waals surface area contributed by atoms with Crippen molar-refractivity contribution in [2.75, 3.05) is 13.7 Å². The van der Waals surface area contributed by atoms with Crippen molar-refractivity contribution in [1.82, 2.24) is 4.57 Å². The van der Waals surface area contributed by atoms with E-state index in [1.807, 2.05) is 0 Å². The second-order valence-electron chi connectivity index (χ2n) is 6.20. The molecule has 0 amide bonds. The number of halogens is 1. The van der Waals surface area contributed by atoms with Crippen LogP contribution >= 0.6 is 15.9 Å². The van der Waals surface area contributed by atoms with E-state index in [-0.39, 0.29) is 6.61 Å². The van der Waals surface area contributed by atoms with Gasteiger partial charge in [-0.05, 0) is 51.9 Å². The molecule has 0 bridgehead atoms. The lowest BCUT2D eigenvalue weighted by atomic mass is 9.84. The zero-order valence-corrected chi connectivity index (χ0v) is 15.1. The lowest BCUT2D eigenvalue weighted by molar-refractivity contribution is -0.282. The van der Waals surface area contributed by atoms with Crippen molar-refractivity contribution in [3.63, 3.8) is 0 Å². The molecule has 1 aliphatic rings. The molecule has 0 atom stereocenters. The van der Waals surface area contributed by atoms with E-state index in [4.69, 9.17) is 9.78 Å². The molecule has 1 heterocycles. The average Bonchev–Trinajstić information content (AvgIpc) is 2.86. The van der Waals surface area contributed by atoms with Crippen molar-refractivity contribution in [2.45, 2.75) is 51.2 Å². The molecule has 1 saturated carbocycles. The highest BCUT2D eigenvalue weighted by atomic mass is 79.9. The quantitative estimate of drug-likeness (QED) is 0.590. The summed E-state index contributed by atoms with van der Waals surface area (Å²) in [5, 5.41) is 10.7. The van der Waals surface area contributed by atoms with Gasteiger partial charge in [-0.2, -0.15) is 0 Å². The van der Waals surface area contributed by atoms with Gasteiger partial charge in [-0.25, -0.2) is 9.78 Å². The summed E-state index contributed by atoms with van der Waals surface area (Å²) >= 11 is 3.80. The van der Waals surface area contributed by atoms with Crippen LogP contribution in [0, 0.1) is 0 Å². The Morgan fingerprint density at radius 1 is 1.26 bits per heavy atom. The van der Waals surface area contributed by atoms with Gasteiger partial charge in [0.15, 0.2) is 0 Å². The van der Waals surface area contributed by atoms with E-state index >= 15 is 0 Å². The lowest BCUT2D eigenvalue weighted by Gasteiger charge is -2.22. The van der Waals surface area contributed by atoms with Crippen LogP contribution in [-0.2, 0) is 22.9 Å². The van der Waals surface area contributed by atoms with Crippen LogP contribution in [0.25, 0.3) is 10.9 Å². The highest BCUT2D eigenvalue weighted by Gasteiger charge is 2.24.